The molecule has 2 N–H and O–H groups in total. The number of phenols is 1. The number of hydrogen-bond acceptors (Lipinski definition) is 6. The van der Waals surface area contributed by atoms with Crippen LogP contribution in [0, 0.1) is 5.92 Å². The molecular formula is C29H21BrCl2F3N3O4. The number of allylic oxidation sites excluding steroid dienone is 3. The fraction of sp³-hybridized carbons (Fsp3) is 0.207. The largest absolute Gasteiger partial charge is 0.503 e. The van der Waals surface area contributed by atoms with Gasteiger partial charge in [0.1, 0.15) is 0 Å². The number of carbonyl (C=O) groups excluding carboxylic acids is 2. The minimum atomic E-state index is -4.69. The van der Waals surface area contributed by atoms with Crippen molar-refractivity contribution < 1.29 is 32.6 Å². The van der Waals surface area contributed by atoms with Crippen LogP contribution in [0.4, 0.5) is 19.0 Å². The van der Waals surface area contributed by atoms with Crippen LogP contribution in [0.3, 0.4) is 0 Å². The number of aromatic hydroxyl groups is 1. The number of nitrogens with zero attached hydrogens (tertiary/aromatic N) is 2. The van der Waals surface area contributed by atoms with Gasteiger partial charge in [0, 0.05) is 17.1 Å². The van der Waals surface area contributed by atoms with Gasteiger partial charge in [-0.3, -0.25) is 15.0 Å². The summed E-state index contributed by atoms with van der Waals surface area (Å²) in [7, 11) is 1.38. The Morgan fingerprint density at radius 2 is 1.90 bits per heavy atom. The smallest absolute Gasteiger partial charge is 0.417 e. The van der Waals surface area contributed by atoms with Crippen molar-refractivity contribution in [2.75, 3.05) is 12.5 Å². The number of methoxy groups -OCH3 is 1. The van der Waals surface area contributed by atoms with Crippen LogP contribution in [0.15, 0.2) is 77.4 Å². The highest BCUT2D eigenvalue weighted by Gasteiger charge is 2.66. The maximum Gasteiger partial charge on any atom is 0.417 e. The predicted octanol–water partition coefficient (Wildman–Crippen LogP) is 7.43. The van der Waals surface area contributed by atoms with E-state index in [0.29, 0.717) is 38.5 Å². The first-order valence-corrected chi connectivity index (χ1v) is 13.9. The van der Waals surface area contributed by atoms with Gasteiger partial charge in [-0.1, -0.05) is 54.1 Å². The fourth-order valence-electron chi connectivity index (χ4n) is 5.71. The number of halogens is 6. The number of aromatic nitrogens is 1. The summed E-state index contributed by atoms with van der Waals surface area (Å²) in [6.45, 7) is 3.94. The van der Waals surface area contributed by atoms with Gasteiger partial charge in [0.05, 0.1) is 33.5 Å². The molecule has 5 rings (SSSR count). The van der Waals surface area contributed by atoms with E-state index in [-0.39, 0.29) is 23.7 Å². The summed E-state index contributed by atoms with van der Waals surface area (Å²) in [6.07, 6.45) is -0.591. The maximum absolute atomic E-state index is 14.7. The fourth-order valence-corrected chi connectivity index (χ4v) is 6.50. The first kappa shape index (κ1) is 29.9. The first-order chi connectivity index (χ1) is 19.8. The summed E-state index contributed by atoms with van der Waals surface area (Å²) >= 11 is 15.6. The Balaban J connectivity index is 1.72. The van der Waals surface area contributed by atoms with E-state index in [1.54, 1.807) is 42.5 Å². The molecule has 1 aliphatic heterocycles. The Bertz CT molecular complexity index is 1650. The molecular weight excluding hydrogens is 662 g/mol. The van der Waals surface area contributed by atoms with E-state index in [1.165, 1.54) is 7.11 Å². The quantitative estimate of drug-likeness (QED) is 0.263. The van der Waals surface area contributed by atoms with E-state index >= 15 is 0 Å². The molecule has 42 heavy (non-hydrogen) atoms. The molecule has 3 atom stereocenters. The summed E-state index contributed by atoms with van der Waals surface area (Å²) in [5.74, 6) is -3.44. The van der Waals surface area contributed by atoms with Crippen molar-refractivity contribution in [3.63, 3.8) is 0 Å². The molecule has 0 spiro atoms. The normalized spacial score (nSPS) is 22.1. The van der Waals surface area contributed by atoms with Gasteiger partial charge in [-0.25, -0.2) is 4.98 Å². The van der Waals surface area contributed by atoms with Crippen LogP contribution in [-0.4, -0.2) is 34.0 Å². The number of ether oxygens (including phenoxy) is 1. The van der Waals surface area contributed by atoms with Crippen LogP contribution in [0.1, 0.15) is 29.0 Å². The third-order valence-corrected chi connectivity index (χ3v) is 8.70. The number of rotatable bonds is 6. The Kier molecular flexibility index (Phi) is 7.80. The van der Waals surface area contributed by atoms with Gasteiger partial charge in [-0.2, -0.15) is 18.2 Å². The number of imide groups is 1. The van der Waals surface area contributed by atoms with E-state index in [1.807, 2.05) is 6.08 Å². The van der Waals surface area contributed by atoms with Gasteiger partial charge in [0.15, 0.2) is 17.3 Å². The second kappa shape index (κ2) is 10.9. The van der Waals surface area contributed by atoms with Crippen LogP contribution in [0.5, 0.6) is 11.5 Å². The molecule has 1 fully saturated rings. The van der Waals surface area contributed by atoms with Gasteiger partial charge in [0.25, 0.3) is 11.8 Å². The average molecular weight is 683 g/mol. The zero-order valence-corrected chi connectivity index (χ0v) is 24.8. The molecule has 0 radical (unpaired) electrons. The van der Waals surface area contributed by atoms with Crippen molar-refractivity contribution in [1.29, 1.82) is 0 Å². The Labute approximate surface area is 256 Å². The predicted molar refractivity (Wildman–Crippen MR) is 154 cm³/mol. The molecule has 2 heterocycles. The summed E-state index contributed by atoms with van der Waals surface area (Å²) < 4.78 is 45.2. The van der Waals surface area contributed by atoms with Crippen LogP contribution >= 0.6 is 39.1 Å². The first-order valence-electron chi connectivity index (χ1n) is 12.4. The SMILES string of the molecule is C=CC1=CC[C@H]2C(=O)N(Nc3ncc(C(F)(F)F)cc3Cl)C(=O)[C@@]2(c2ccc(Cl)cc2)[C@H]1c1cc(Br)c(O)c(OC)c1. The number of amides is 2. The van der Waals surface area contributed by atoms with Gasteiger partial charge in [0.2, 0.25) is 0 Å². The summed E-state index contributed by atoms with van der Waals surface area (Å²) in [5, 5.41) is 11.2. The number of benzene rings is 2. The lowest BCUT2D eigenvalue weighted by Crippen LogP contribution is -2.48. The summed E-state index contributed by atoms with van der Waals surface area (Å²) in [4.78, 5) is 32.4. The highest BCUT2D eigenvalue weighted by atomic mass is 79.9. The Morgan fingerprint density at radius 1 is 1.21 bits per heavy atom. The van der Waals surface area contributed by atoms with Crippen LogP contribution in [0.25, 0.3) is 0 Å². The molecule has 0 bridgehead atoms. The Morgan fingerprint density at radius 3 is 2.50 bits per heavy atom. The highest BCUT2D eigenvalue weighted by molar-refractivity contribution is 9.10. The molecule has 3 aromatic rings. The van der Waals surface area contributed by atoms with E-state index in [0.717, 1.165) is 5.01 Å². The van der Waals surface area contributed by atoms with Crippen molar-refractivity contribution in [3.05, 3.63) is 104 Å². The van der Waals surface area contributed by atoms with Crippen molar-refractivity contribution in [1.82, 2.24) is 9.99 Å². The highest BCUT2D eigenvalue weighted by Crippen LogP contribution is 2.58. The molecule has 0 unspecified atom stereocenters. The monoisotopic (exact) mass is 681 g/mol. The number of alkyl halides is 3. The minimum absolute atomic E-state index is 0.128. The lowest BCUT2D eigenvalue weighted by molar-refractivity contribution is -0.139. The van der Waals surface area contributed by atoms with E-state index in [4.69, 9.17) is 27.9 Å². The number of anilines is 1. The zero-order valence-electron chi connectivity index (χ0n) is 21.7. The Hall–Kier alpha value is -3.54. The third kappa shape index (κ3) is 4.73. The molecule has 0 saturated carbocycles. The number of hydrogen-bond donors (Lipinski definition) is 2. The number of phenolic OH excluding ortho intramolecular Hbond substituents is 1. The van der Waals surface area contributed by atoms with Crippen molar-refractivity contribution in [2.45, 2.75) is 23.9 Å². The lowest BCUT2D eigenvalue weighted by atomic mass is 9.56. The van der Waals surface area contributed by atoms with Crippen LogP contribution < -0.4 is 10.2 Å². The molecule has 1 aliphatic carbocycles. The van der Waals surface area contributed by atoms with Gasteiger partial charge in [-0.05, 0) is 69.4 Å². The molecule has 218 valence electrons. The molecule has 1 saturated heterocycles. The maximum atomic E-state index is 14.7. The van der Waals surface area contributed by atoms with Crippen molar-refractivity contribution in [2.24, 2.45) is 5.92 Å². The van der Waals surface area contributed by atoms with Crippen molar-refractivity contribution in [3.8, 4) is 11.5 Å². The number of pyridine rings is 1. The van der Waals surface area contributed by atoms with Crippen molar-refractivity contribution >= 4 is 56.8 Å². The standard InChI is InChI=1S/C29H21BrCl2F3N3O4/c1-3-14-4-9-19-26(40)38(37-25-21(32)12-17(13-36-25)29(33,34)35)27(41)28(19,16-5-7-18(31)8-6-16)23(14)15-10-20(30)24(39)22(11-15)42-2/h3-8,10-13,19,23,39H,1,9H2,2H3,(H,36,37)/t19-,23+,28+/m0/s1. The summed E-state index contributed by atoms with van der Waals surface area (Å²) in [5.41, 5.74) is 1.53. The van der Waals surface area contributed by atoms with Gasteiger partial charge >= 0.3 is 6.18 Å². The minimum Gasteiger partial charge on any atom is -0.503 e. The molecule has 1 aromatic heterocycles. The second-order valence-electron chi connectivity index (χ2n) is 9.70. The third-order valence-electron chi connectivity index (χ3n) is 7.55. The molecule has 2 aromatic carbocycles. The number of carbonyl (C=O) groups is 2. The second-order valence-corrected chi connectivity index (χ2v) is 11.4. The molecule has 2 aliphatic rings. The average Bonchev–Trinajstić information content (AvgIpc) is 3.16. The zero-order chi connectivity index (χ0) is 30.6. The van der Waals surface area contributed by atoms with Crippen LogP contribution in [0.2, 0.25) is 10.0 Å². The lowest BCUT2D eigenvalue weighted by Gasteiger charge is -2.43. The molecule has 2 amide bonds. The van der Waals surface area contributed by atoms with Gasteiger partial charge < -0.3 is 9.84 Å². The number of fused-ring (bicyclic) bond motifs is 1. The topological polar surface area (TPSA) is 91.8 Å². The van der Waals surface area contributed by atoms with E-state index in [9.17, 15) is 27.9 Å². The summed E-state index contributed by atoms with van der Waals surface area (Å²) in [6, 6.07) is 10.4. The van der Waals surface area contributed by atoms with Gasteiger partial charge in [-0.15, -0.1) is 0 Å². The molecule has 13 heteroatoms. The number of hydrazine groups is 1. The van der Waals surface area contributed by atoms with E-state index in [2.05, 4.69) is 32.9 Å². The number of nitrogens with one attached hydrogen (secondary N) is 1. The van der Waals surface area contributed by atoms with E-state index < -0.39 is 45.8 Å². The molecule has 7 nitrogen and oxygen atoms in total. The van der Waals surface area contributed by atoms with Crippen LogP contribution in [-0.2, 0) is 21.2 Å².